The summed E-state index contributed by atoms with van der Waals surface area (Å²) < 4.78 is 0. The van der Waals surface area contributed by atoms with Crippen LogP contribution in [0.5, 0.6) is 0 Å². The van der Waals surface area contributed by atoms with Crippen LogP contribution in [-0.4, -0.2) is 15.9 Å². The number of aryl methyl sites for hydroxylation is 3. The lowest BCUT2D eigenvalue weighted by molar-refractivity contribution is 0.620. The average molecular weight is 430 g/mol. The lowest BCUT2D eigenvalue weighted by atomic mass is 10.0. The predicted octanol–water partition coefficient (Wildman–Crippen LogP) is 5.74. The number of rotatable bonds is 12. The Kier molecular flexibility index (Phi) is 9.23. The molecule has 0 aliphatic carbocycles. The van der Waals surface area contributed by atoms with E-state index in [2.05, 4.69) is 48.3 Å². The Morgan fingerprint density at radius 1 is 0.781 bits per heavy atom. The highest BCUT2D eigenvalue weighted by Gasteiger charge is 2.08. The maximum absolute atomic E-state index is 5.49. The summed E-state index contributed by atoms with van der Waals surface area (Å²) >= 11 is 0. The molecule has 5 heteroatoms. The predicted molar refractivity (Wildman–Crippen MR) is 134 cm³/mol. The van der Waals surface area contributed by atoms with Gasteiger partial charge in [-0.3, -0.25) is 0 Å². The summed E-state index contributed by atoms with van der Waals surface area (Å²) in [5.41, 5.74) is 16.2. The van der Waals surface area contributed by atoms with Crippen LogP contribution in [0.25, 0.3) is 11.3 Å². The standard InChI is InChI=1S/C27H35N5/c1-2-3-4-5-9-15-26-30-24(14-10-13-21-11-7-6-8-12-21)20-25(32-26)22-16-18-23(19-17-22)31-27(28)29/h6-8,11-12,16-20H,2-5,9-10,13-15H2,1H3,(H4,28,29,31). The molecule has 0 radical (unpaired) electrons. The summed E-state index contributed by atoms with van der Waals surface area (Å²) in [6.07, 6.45) is 10.2. The Morgan fingerprint density at radius 3 is 2.25 bits per heavy atom. The fourth-order valence-electron chi connectivity index (χ4n) is 3.80. The zero-order valence-corrected chi connectivity index (χ0v) is 19.1. The molecule has 32 heavy (non-hydrogen) atoms. The average Bonchev–Trinajstić information content (AvgIpc) is 2.80. The maximum Gasteiger partial charge on any atom is 0.191 e. The van der Waals surface area contributed by atoms with Crippen LogP contribution >= 0.6 is 0 Å². The normalized spacial score (nSPS) is 10.8. The van der Waals surface area contributed by atoms with E-state index in [-0.39, 0.29) is 5.96 Å². The van der Waals surface area contributed by atoms with Gasteiger partial charge in [-0.1, -0.05) is 75.1 Å². The minimum absolute atomic E-state index is 0.0610. The van der Waals surface area contributed by atoms with Crippen LogP contribution in [0.2, 0.25) is 0 Å². The van der Waals surface area contributed by atoms with Gasteiger partial charge in [0, 0.05) is 17.7 Å². The van der Waals surface area contributed by atoms with Gasteiger partial charge in [-0.25, -0.2) is 15.0 Å². The molecule has 0 atom stereocenters. The Balaban J connectivity index is 1.74. The third-order valence-corrected chi connectivity index (χ3v) is 5.49. The zero-order chi connectivity index (χ0) is 22.6. The van der Waals surface area contributed by atoms with Crippen molar-refractivity contribution in [3.63, 3.8) is 0 Å². The van der Waals surface area contributed by atoms with E-state index >= 15 is 0 Å². The third-order valence-electron chi connectivity index (χ3n) is 5.49. The summed E-state index contributed by atoms with van der Waals surface area (Å²) in [4.78, 5) is 13.9. The summed E-state index contributed by atoms with van der Waals surface area (Å²) in [6, 6.07) is 20.6. The number of nitrogens with zero attached hydrogens (tertiary/aromatic N) is 3. The van der Waals surface area contributed by atoms with Gasteiger partial charge in [-0.2, -0.15) is 0 Å². The second-order valence-electron chi connectivity index (χ2n) is 8.25. The number of guanidine groups is 1. The fraction of sp³-hybridized carbons (Fsp3) is 0.370. The van der Waals surface area contributed by atoms with Crippen molar-refractivity contribution in [3.05, 3.63) is 77.7 Å². The molecule has 0 aliphatic heterocycles. The van der Waals surface area contributed by atoms with E-state index in [1.165, 1.54) is 31.2 Å². The van der Waals surface area contributed by atoms with Crippen LogP contribution < -0.4 is 11.5 Å². The molecule has 1 heterocycles. The van der Waals surface area contributed by atoms with Gasteiger partial charge in [0.25, 0.3) is 0 Å². The number of hydrogen-bond acceptors (Lipinski definition) is 3. The Hall–Kier alpha value is -3.21. The van der Waals surface area contributed by atoms with Crippen LogP contribution in [-0.2, 0) is 19.3 Å². The molecule has 0 fully saturated rings. The molecule has 0 amide bonds. The van der Waals surface area contributed by atoms with E-state index in [0.717, 1.165) is 60.6 Å². The summed E-state index contributed by atoms with van der Waals surface area (Å²) in [6.45, 7) is 2.24. The van der Waals surface area contributed by atoms with Crippen molar-refractivity contribution >= 4 is 11.6 Å². The molecule has 0 saturated carbocycles. The van der Waals surface area contributed by atoms with Gasteiger partial charge < -0.3 is 11.5 Å². The number of aromatic nitrogens is 2. The highest BCUT2D eigenvalue weighted by molar-refractivity contribution is 5.79. The van der Waals surface area contributed by atoms with Crippen molar-refractivity contribution in [1.82, 2.24) is 9.97 Å². The summed E-state index contributed by atoms with van der Waals surface area (Å²) in [5.74, 6) is 1.01. The van der Waals surface area contributed by atoms with Crippen LogP contribution in [0, 0.1) is 0 Å². The number of hydrogen-bond donors (Lipinski definition) is 2. The molecular formula is C27H35N5. The summed E-state index contributed by atoms with van der Waals surface area (Å²) in [7, 11) is 0. The van der Waals surface area contributed by atoms with E-state index in [0.29, 0.717) is 0 Å². The maximum atomic E-state index is 5.49. The molecule has 4 N–H and O–H groups in total. The Morgan fingerprint density at radius 2 is 1.53 bits per heavy atom. The van der Waals surface area contributed by atoms with E-state index in [9.17, 15) is 0 Å². The lowest BCUT2D eigenvalue weighted by Crippen LogP contribution is -2.21. The van der Waals surface area contributed by atoms with Gasteiger partial charge in [-0.15, -0.1) is 0 Å². The smallest absolute Gasteiger partial charge is 0.191 e. The van der Waals surface area contributed by atoms with Gasteiger partial charge in [0.15, 0.2) is 5.96 Å². The van der Waals surface area contributed by atoms with Crippen molar-refractivity contribution < 1.29 is 0 Å². The second-order valence-corrected chi connectivity index (χ2v) is 8.25. The molecule has 0 aliphatic rings. The molecule has 3 aromatic rings. The first-order valence-corrected chi connectivity index (χ1v) is 11.7. The molecule has 168 valence electrons. The molecule has 0 spiro atoms. The van der Waals surface area contributed by atoms with Crippen LogP contribution in [0.3, 0.4) is 0 Å². The number of nitrogens with two attached hydrogens (primary N) is 2. The van der Waals surface area contributed by atoms with Gasteiger partial charge in [0.2, 0.25) is 0 Å². The van der Waals surface area contributed by atoms with Gasteiger partial charge >= 0.3 is 0 Å². The molecule has 0 saturated heterocycles. The first-order chi connectivity index (χ1) is 15.6. The second kappa shape index (κ2) is 12.6. The van der Waals surface area contributed by atoms with Crippen molar-refractivity contribution in [1.29, 1.82) is 0 Å². The monoisotopic (exact) mass is 429 g/mol. The molecule has 2 aromatic carbocycles. The number of unbranched alkanes of at least 4 members (excludes halogenated alkanes) is 4. The molecule has 3 rings (SSSR count). The Labute approximate surface area is 192 Å². The van der Waals surface area contributed by atoms with Gasteiger partial charge in [0.05, 0.1) is 11.4 Å². The van der Waals surface area contributed by atoms with Gasteiger partial charge in [0.1, 0.15) is 5.82 Å². The van der Waals surface area contributed by atoms with E-state index in [4.69, 9.17) is 21.4 Å². The molecule has 0 bridgehead atoms. The van der Waals surface area contributed by atoms with Crippen molar-refractivity contribution in [2.75, 3.05) is 0 Å². The van der Waals surface area contributed by atoms with Crippen LogP contribution in [0.15, 0.2) is 65.7 Å². The molecular weight excluding hydrogens is 394 g/mol. The van der Waals surface area contributed by atoms with Crippen molar-refractivity contribution in [3.8, 4) is 11.3 Å². The highest BCUT2D eigenvalue weighted by atomic mass is 15.0. The van der Waals surface area contributed by atoms with E-state index < -0.39 is 0 Å². The first-order valence-electron chi connectivity index (χ1n) is 11.7. The third kappa shape index (κ3) is 7.80. The topological polar surface area (TPSA) is 90.2 Å². The van der Waals surface area contributed by atoms with Crippen molar-refractivity contribution in [2.45, 2.75) is 64.7 Å². The van der Waals surface area contributed by atoms with Crippen LogP contribution in [0.4, 0.5) is 5.69 Å². The first kappa shape index (κ1) is 23.5. The SMILES string of the molecule is CCCCCCCc1nc(CCCc2ccccc2)cc(-c2ccc(N=C(N)N)cc2)n1. The lowest BCUT2D eigenvalue weighted by Gasteiger charge is -2.09. The van der Waals surface area contributed by atoms with Crippen molar-refractivity contribution in [2.24, 2.45) is 16.5 Å². The largest absolute Gasteiger partial charge is 0.370 e. The highest BCUT2D eigenvalue weighted by Crippen LogP contribution is 2.23. The summed E-state index contributed by atoms with van der Waals surface area (Å²) in [5, 5.41) is 0. The van der Waals surface area contributed by atoms with Crippen LogP contribution in [0.1, 0.15) is 62.5 Å². The van der Waals surface area contributed by atoms with E-state index in [1.807, 2.05) is 24.3 Å². The quantitative estimate of drug-likeness (QED) is 0.218. The zero-order valence-electron chi connectivity index (χ0n) is 19.1. The molecule has 0 unspecified atom stereocenters. The fourth-order valence-corrected chi connectivity index (χ4v) is 3.80. The minimum Gasteiger partial charge on any atom is -0.370 e. The molecule has 1 aromatic heterocycles. The number of benzene rings is 2. The number of aliphatic imine (C=N–C) groups is 1. The van der Waals surface area contributed by atoms with Gasteiger partial charge in [-0.05, 0) is 49.4 Å². The van der Waals surface area contributed by atoms with E-state index in [1.54, 1.807) is 0 Å². The minimum atomic E-state index is 0.0610. The Bertz CT molecular complexity index is 977. The molecule has 5 nitrogen and oxygen atoms in total.